The highest BCUT2D eigenvalue weighted by Crippen LogP contribution is 2.13. The lowest BCUT2D eigenvalue weighted by Crippen LogP contribution is -2.15. The fraction of sp³-hybridized carbons (Fsp3) is 0.250. The number of carbonyl (C=O) groups excluding carboxylic acids is 1. The van der Waals surface area contributed by atoms with Gasteiger partial charge in [-0.15, -0.1) is 0 Å². The summed E-state index contributed by atoms with van der Waals surface area (Å²) in [5, 5.41) is 7.25. The highest BCUT2D eigenvalue weighted by molar-refractivity contribution is 5.97. The first kappa shape index (κ1) is 12.1. The number of nitrogens with zero attached hydrogens (tertiary/aromatic N) is 3. The number of amides is 1. The van der Waals surface area contributed by atoms with E-state index >= 15 is 0 Å². The smallest absolute Gasteiger partial charge is 0.252 e. The minimum atomic E-state index is -0.492. The molecule has 3 N–H and O–H groups in total. The van der Waals surface area contributed by atoms with Gasteiger partial charge in [-0.1, -0.05) is 0 Å². The number of rotatable bonds is 4. The summed E-state index contributed by atoms with van der Waals surface area (Å²) in [4.78, 5) is 15.3. The van der Waals surface area contributed by atoms with E-state index in [4.69, 9.17) is 5.73 Å². The standard InChI is InChI=1S/C12H15N5O/c1-8-9(7-16-17(8)2)6-15-12-10(11(13)18)4-3-5-14-12/h3-5,7H,6H2,1-2H3,(H2,13,18)(H,14,15). The van der Waals surface area contributed by atoms with E-state index in [2.05, 4.69) is 15.4 Å². The SMILES string of the molecule is Cc1c(CNc2ncccc2C(N)=O)cnn1C. The average Bonchev–Trinajstić information content (AvgIpc) is 2.68. The van der Waals surface area contributed by atoms with Crippen molar-refractivity contribution in [3.05, 3.63) is 41.3 Å². The van der Waals surface area contributed by atoms with Crippen molar-refractivity contribution in [1.29, 1.82) is 0 Å². The van der Waals surface area contributed by atoms with Crippen LogP contribution in [-0.4, -0.2) is 20.7 Å². The fourth-order valence-corrected chi connectivity index (χ4v) is 1.64. The number of nitrogens with two attached hydrogens (primary N) is 1. The predicted molar refractivity (Wildman–Crippen MR) is 68.0 cm³/mol. The Kier molecular flexibility index (Phi) is 3.27. The Morgan fingerprint density at radius 3 is 2.94 bits per heavy atom. The van der Waals surface area contributed by atoms with Crippen LogP contribution < -0.4 is 11.1 Å². The van der Waals surface area contributed by atoms with E-state index in [0.29, 0.717) is 17.9 Å². The fourth-order valence-electron chi connectivity index (χ4n) is 1.64. The minimum absolute atomic E-state index is 0.388. The van der Waals surface area contributed by atoms with Crippen molar-refractivity contribution >= 4 is 11.7 Å². The molecule has 6 heteroatoms. The second kappa shape index (κ2) is 4.87. The number of carbonyl (C=O) groups is 1. The lowest BCUT2D eigenvalue weighted by atomic mass is 10.2. The summed E-state index contributed by atoms with van der Waals surface area (Å²) in [6.07, 6.45) is 3.40. The van der Waals surface area contributed by atoms with E-state index in [9.17, 15) is 4.79 Å². The second-order valence-corrected chi connectivity index (χ2v) is 4.00. The molecular formula is C12H15N5O. The summed E-state index contributed by atoms with van der Waals surface area (Å²) >= 11 is 0. The lowest BCUT2D eigenvalue weighted by molar-refractivity contribution is 0.100. The van der Waals surface area contributed by atoms with Crippen LogP contribution in [0, 0.1) is 6.92 Å². The Bertz CT molecular complexity index is 576. The van der Waals surface area contributed by atoms with Crippen LogP contribution in [0.3, 0.4) is 0 Å². The van der Waals surface area contributed by atoms with Gasteiger partial charge in [0.1, 0.15) is 5.82 Å². The van der Waals surface area contributed by atoms with Gasteiger partial charge in [-0.2, -0.15) is 5.10 Å². The van der Waals surface area contributed by atoms with Crippen molar-refractivity contribution in [3.63, 3.8) is 0 Å². The predicted octanol–water partition coefficient (Wildman–Crippen LogP) is 0.835. The zero-order chi connectivity index (χ0) is 13.1. The zero-order valence-electron chi connectivity index (χ0n) is 10.3. The normalized spacial score (nSPS) is 10.3. The summed E-state index contributed by atoms with van der Waals surface area (Å²) in [7, 11) is 1.88. The number of nitrogens with one attached hydrogen (secondary N) is 1. The molecule has 6 nitrogen and oxygen atoms in total. The second-order valence-electron chi connectivity index (χ2n) is 4.00. The van der Waals surface area contributed by atoms with Gasteiger partial charge in [0, 0.05) is 31.0 Å². The Morgan fingerprint density at radius 1 is 1.56 bits per heavy atom. The van der Waals surface area contributed by atoms with Crippen LogP contribution in [0.2, 0.25) is 0 Å². The van der Waals surface area contributed by atoms with Crippen molar-refractivity contribution in [2.45, 2.75) is 13.5 Å². The molecule has 0 aliphatic heterocycles. The van der Waals surface area contributed by atoms with Crippen molar-refractivity contribution < 1.29 is 4.79 Å². The number of aryl methyl sites for hydroxylation is 1. The van der Waals surface area contributed by atoms with Gasteiger partial charge in [0.2, 0.25) is 0 Å². The van der Waals surface area contributed by atoms with Crippen LogP contribution in [0.4, 0.5) is 5.82 Å². The molecule has 18 heavy (non-hydrogen) atoms. The molecule has 0 bridgehead atoms. The van der Waals surface area contributed by atoms with Crippen LogP contribution in [-0.2, 0) is 13.6 Å². The van der Waals surface area contributed by atoms with E-state index in [1.807, 2.05) is 14.0 Å². The van der Waals surface area contributed by atoms with Gasteiger partial charge in [-0.25, -0.2) is 4.98 Å². The molecule has 0 aliphatic carbocycles. The first-order valence-electron chi connectivity index (χ1n) is 5.55. The molecule has 94 valence electrons. The van der Waals surface area contributed by atoms with Crippen molar-refractivity contribution in [2.24, 2.45) is 12.8 Å². The van der Waals surface area contributed by atoms with Crippen LogP contribution in [0.25, 0.3) is 0 Å². The van der Waals surface area contributed by atoms with Crippen molar-refractivity contribution in [1.82, 2.24) is 14.8 Å². The number of hydrogen-bond acceptors (Lipinski definition) is 4. The molecule has 0 fully saturated rings. The number of anilines is 1. The maximum Gasteiger partial charge on any atom is 0.252 e. The molecule has 0 radical (unpaired) electrons. The third-order valence-corrected chi connectivity index (χ3v) is 2.86. The maximum atomic E-state index is 11.2. The molecule has 1 amide bonds. The molecule has 2 heterocycles. The minimum Gasteiger partial charge on any atom is -0.365 e. The molecule has 2 rings (SSSR count). The molecule has 0 unspecified atom stereocenters. The Morgan fingerprint density at radius 2 is 2.33 bits per heavy atom. The van der Waals surface area contributed by atoms with Gasteiger partial charge < -0.3 is 11.1 Å². The highest BCUT2D eigenvalue weighted by Gasteiger charge is 2.09. The topological polar surface area (TPSA) is 85.8 Å². The number of hydrogen-bond donors (Lipinski definition) is 2. The summed E-state index contributed by atoms with van der Waals surface area (Å²) in [5.41, 5.74) is 7.79. The lowest BCUT2D eigenvalue weighted by Gasteiger charge is -2.08. The number of aromatic nitrogens is 3. The monoisotopic (exact) mass is 245 g/mol. The third kappa shape index (κ3) is 2.32. The number of pyridine rings is 1. The maximum absolute atomic E-state index is 11.2. The molecule has 0 aromatic carbocycles. The largest absolute Gasteiger partial charge is 0.365 e. The number of primary amides is 1. The summed E-state index contributed by atoms with van der Waals surface area (Å²) in [5.74, 6) is 0.00163. The summed E-state index contributed by atoms with van der Waals surface area (Å²) < 4.78 is 1.80. The Hall–Kier alpha value is -2.37. The quantitative estimate of drug-likeness (QED) is 0.835. The van der Waals surface area contributed by atoms with E-state index in [-0.39, 0.29) is 0 Å². The molecule has 0 atom stereocenters. The van der Waals surface area contributed by atoms with Crippen LogP contribution in [0.15, 0.2) is 24.5 Å². The molecule has 0 aliphatic rings. The first-order chi connectivity index (χ1) is 8.59. The van der Waals surface area contributed by atoms with Crippen molar-refractivity contribution in [3.8, 4) is 0 Å². The highest BCUT2D eigenvalue weighted by atomic mass is 16.1. The van der Waals surface area contributed by atoms with Crippen LogP contribution >= 0.6 is 0 Å². The Balaban J connectivity index is 2.16. The molecule has 0 saturated carbocycles. The molecule has 0 spiro atoms. The van der Waals surface area contributed by atoms with E-state index in [0.717, 1.165) is 11.3 Å². The van der Waals surface area contributed by atoms with Gasteiger partial charge in [-0.05, 0) is 19.1 Å². The first-order valence-corrected chi connectivity index (χ1v) is 5.55. The van der Waals surface area contributed by atoms with E-state index < -0.39 is 5.91 Å². The molecular weight excluding hydrogens is 230 g/mol. The molecule has 0 saturated heterocycles. The Labute approximate surface area is 105 Å². The molecule has 2 aromatic heterocycles. The molecule has 2 aromatic rings. The van der Waals surface area contributed by atoms with E-state index in [1.54, 1.807) is 29.2 Å². The summed E-state index contributed by atoms with van der Waals surface area (Å²) in [6, 6.07) is 3.33. The van der Waals surface area contributed by atoms with Gasteiger partial charge in [0.05, 0.1) is 11.8 Å². The summed E-state index contributed by atoms with van der Waals surface area (Å²) in [6.45, 7) is 2.54. The van der Waals surface area contributed by atoms with Gasteiger partial charge >= 0.3 is 0 Å². The van der Waals surface area contributed by atoms with Gasteiger partial charge in [0.25, 0.3) is 5.91 Å². The average molecular weight is 245 g/mol. The van der Waals surface area contributed by atoms with Gasteiger partial charge in [0.15, 0.2) is 0 Å². The zero-order valence-corrected chi connectivity index (χ0v) is 10.3. The third-order valence-electron chi connectivity index (χ3n) is 2.86. The van der Waals surface area contributed by atoms with Gasteiger partial charge in [-0.3, -0.25) is 9.48 Å². The van der Waals surface area contributed by atoms with E-state index in [1.165, 1.54) is 0 Å². The van der Waals surface area contributed by atoms with Crippen molar-refractivity contribution in [2.75, 3.05) is 5.32 Å². The van der Waals surface area contributed by atoms with Crippen LogP contribution in [0.1, 0.15) is 21.6 Å². The van der Waals surface area contributed by atoms with Crippen LogP contribution in [0.5, 0.6) is 0 Å².